The molecule has 3 saturated heterocycles. The predicted molar refractivity (Wildman–Crippen MR) is 93.6 cm³/mol. The molecule has 4 rings (SSSR count). The smallest absolute Gasteiger partial charge is 0.362 e. The van der Waals surface area contributed by atoms with Crippen LogP contribution in [0.15, 0.2) is 18.3 Å². The number of carbonyl (C=O) groups excluding carboxylic acids is 2. The van der Waals surface area contributed by atoms with Gasteiger partial charge < -0.3 is 19.9 Å². The van der Waals surface area contributed by atoms with Gasteiger partial charge in [-0.2, -0.15) is 8.42 Å². The lowest BCUT2D eigenvalue weighted by atomic mass is 10.0. The Morgan fingerprint density at radius 1 is 1.26 bits per heavy atom. The van der Waals surface area contributed by atoms with Crippen molar-refractivity contribution in [1.82, 2.24) is 14.2 Å². The number of urea groups is 1. The molecule has 27 heavy (non-hydrogen) atoms. The van der Waals surface area contributed by atoms with Crippen molar-refractivity contribution in [3.63, 3.8) is 0 Å². The molecule has 3 aliphatic rings. The molecule has 0 aliphatic carbocycles. The van der Waals surface area contributed by atoms with E-state index in [-0.39, 0.29) is 13.0 Å². The fourth-order valence-electron chi connectivity index (χ4n) is 3.68. The monoisotopic (exact) mass is 397 g/mol. The van der Waals surface area contributed by atoms with Crippen LogP contribution in [0.1, 0.15) is 6.42 Å². The second-order valence-electron chi connectivity index (χ2n) is 6.54. The molecule has 3 amide bonds. The Bertz CT molecular complexity index is 854. The van der Waals surface area contributed by atoms with Crippen molar-refractivity contribution in [2.75, 3.05) is 43.1 Å². The fourth-order valence-corrected chi connectivity index (χ4v) is 4.58. The highest BCUT2D eigenvalue weighted by molar-refractivity contribution is 7.84. The zero-order chi connectivity index (χ0) is 19.2. The van der Waals surface area contributed by atoms with Gasteiger partial charge in [0.05, 0.1) is 31.1 Å². The number of fused-ring (bicyclic) bond motifs is 1. The van der Waals surface area contributed by atoms with Gasteiger partial charge in [0.15, 0.2) is 0 Å². The Morgan fingerprint density at radius 3 is 2.63 bits per heavy atom. The number of β-lactam (4-membered cyclic amide) rings is 1. The van der Waals surface area contributed by atoms with Crippen LogP contribution in [0.3, 0.4) is 0 Å². The number of aromatic nitrogens is 1. The predicted octanol–water partition coefficient (Wildman–Crippen LogP) is -0.462. The Labute approximate surface area is 155 Å². The molecule has 3 fully saturated rings. The van der Waals surface area contributed by atoms with Crippen molar-refractivity contribution in [1.29, 1.82) is 0 Å². The first-order valence-electron chi connectivity index (χ1n) is 8.53. The second-order valence-corrected chi connectivity index (χ2v) is 7.83. The van der Waals surface area contributed by atoms with Gasteiger partial charge in [-0.25, -0.2) is 14.1 Å². The minimum absolute atomic E-state index is 0.220. The van der Waals surface area contributed by atoms with Gasteiger partial charge in [-0.05, 0) is 18.6 Å². The number of anilines is 2. The Morgan fingerprint density at radius 2 is 2.00 bits per heavy atom. The van der Waals surface area contributed by atoms with E-state index in [2.05, 4.69) is 15.2 Å². The van der Waals surface area contributed by atoms with E-state index in [4.69, 9.17) is 9.29 Å². The minimum atomic E-state index is -4.59. The van der Waals surface area contributed by atoms with E-state index in [1.165, 1.54) is 11.1 Å². The minimum Gasteiger partial charge on any atom is -0.378 e. The first-order valence-corrected chi connectivity index (χ1v) is 9.93. The number of amides is 3. The van der Waals surface area contributed by atoms with E-state index < -0.39 is 34.3 Å². The normalized spacial score (nSPS) is 25.2. The van der Waals surface area contributed by atoms with Crippen LogP contribution in [0.4, 0.5) is 16.3 Å². The quantitative estimate of drug-likeness (QED) is 0.517. The molecular formula is C15H19N5O6S. The first kappa shape index (κ1) is 17.9. The zero-order valence-electron chi connectivity index (χ0n) is 14.3. The standard InChI is InChI=1S/C15H19N5O6S/c21-14-13-11(20(14)27(23,24)25)3-4-19(13)15(22)17-10-1-2-12(16-9-10)18-5-7-26-8-6-18/h1-2,9,11,13H,3-8H2,(H,17,22)(H,23,24,25)/t11-,13+/m1/s1. The average molecular weight is 397 g/mol. The number of likely N-dealkylation sites (tertiary alicyclic amines) is 1. The number of ether oxygens (including phenoxy) is 1. The van der Waals surface area contributed by atoms with Crippen molar-refractivity contribution in [3.05, 3.63) is 18.3 Å². The summed E-state index contributed by atoms with van der Waals surface area (Å²) in [5.41, 5.74) is 0.471. The second kappa shape index (κ2) is 6.62. The molecule has 146 valence electrons. The van der Waals surface area contributed by atoms with Gasteiger partial charge in [-0.15, -0.1) is 0 Å². The van der Waals surface area contributed by atoms with Crippen LogP contribution in [0.2, 0.25) is 0 Å². The molecule has 0 aromatic carbocycles. The molecule has 0 unspecified atom stereocenters. The summed E-state index contributed by atoms with van der Waals surface area (Å²) < 4.78 is 37.3. The van der Waals surface area contributed by atoms with Gasteiger partial charge in [0, 0.05) is 19.6 Å². The molecule has 0 spiro atoms. The van der Waals surface area contributed by atoms with Gasteiger partial charge in [0.2, 0.25) is 0 Å². The third kappa shape index (κ3) is 3.19. The van der Waals surface area contributed by atoms with Crippen LogP contribution < -0.4 is 10.2 Å². The highest BCUT2D eigenvalue weighted by atomic mass is 32.2. The number of morpholine rings is 1. The molecular weight excluding hydrogens is 378 g/mol. The molecule has 4 heterocycles. The van der Waals surface area contributed by atoms with Gasteiger partial charge in [-0.3, -0.25) is 9.35 Å². The fraction of sp³-hybridized carbons (Fsp3) is 0.533. The van der Waals surface area contributed by atoms with Gasteiger partial charge in [0.25, 0.3) is 5.91 Å². The highest BCUT2D eigenvalue weighted by Gasteiger charge is 2.60. The van der Waals surface area contributed by atoms with Crippen molar-refractivity contribution >= 4 is 33.7 Å². The number of hydrogen-bond acceptors (Lipinski definition) is 7. The van der Waals surface area contributed by atoms with Crippen LogP contribution in [0, 0.1) is 0 Å². The Balaban J connectivity index is 1.39. The number of nitrogens with one attached hydrogen (secondary N) is 1. The molecule has 2 atom stereocenters. The average Bonchev–Trinajstić information content (AvgIpc) is 3.00. The maximum atomic E-state index is 12.5. The van der Waals surface area contributed by atoms with Crippen molar-refractivity contribution in [2.45, 2.75) is 18.5 Å². The van der Waals surface area contributed by atoms with Crippen LogP contribution in [0.25, 0.3) is 0 Å². The van der Waals surface area contributed by atoms with E-state index in [9.17, 15) is 18.0 Å². The summed E-state index contributed by atoms with van der Waals surface area (Å²) in [4.78, 5) is 32.2. The topological polar surface area (TPSA) is 132 Å². The van der Waals surface area contributed by atoms with Gasteiger partial charge in [0.1, 0.15) is 11.9 Å². The maximum absolute atomic E-state index is 12.5. The molecule has 1 aromatic rings. The van der Waals surface area contributed by atoms with Crippen molar-refractivity contribution < 1.29 is 27.3 Å². The summed E-state index contributed by atoms with van der Waals surface area (Å²) in [6, 6.07) is 1.43. The number of carbonyl (C=O) groups is 2. The van der Waals surface area contributed by atoms with E-state index in [1.807, 2.05) is 0 Å². The summed E-state index contributed by atoms with van der Waals surface area (Å²) in [5, 5.41) is 2.67. The van der Waals surface area contributed by atoms with E-state index >= 15 is 0 Å². The summed E-state index contributed by atoms with van der Waals surface area (Å²) in [7, 11) is -4.59. The molecule has 3 aliphatic heterocycles. The van der Waals surface area contributed by atoms with E-state index in [0.29, 0.717) is 23.2 Å². The van der Waals surface area contributed by atoms with E-state index in [1.54, 1.807) is 12.1 Å². The SMILES string of the molecule is O=C(Nc1ccc(N2CCOCC2)nc1)N1CC[C@@H]2[C@H]1C(=O)N2S(=O)(=O)O. The molecule has 11 nitrogen and oxygen atoms in total. The lowest BCUT2D eigenvalue weighted by Crippen LogP contribution is -2.68. The molecule has 0 radical (unpaired) electrons. The summed E-state index contributed by atoms with van der Waals surface area (Å²) in [6.07, 6.45) is 1.82. The van der Waals surface area contributed by atoms with Gasteiger partial charge >= 0.3 is 16.3 Å². The highest BCUT2D eigenvalue weighted by Crippen LogP contribution is 2.35. The summed E-state index contributed by atoms with van der Waals surface area (Å²) in [6.45, 7) is 3.01. The third-order valence-corrected chi connectivity index (χ3v) is 5.93. The molecule has 0 bridgehead atoms. The Hall–Kier alpha value is -2.44. The lowest BCUT2D eigenvalue weighted by molar-refractivity contribution is -0.143. The third-order valence-electron chi connectivity index (χ3n) is 4.98. The van der Waals surface area contributed by atoms with Crippen LogP contribution in [-0.2, 0) is 19.8 Å². The van der Waals surface area contributed by atoms with Crippen LogP contribution in [0.5, 0.6) is 0 Å². The Kier molecular flexibility index (Phi) is 4.40. The number of pyridine rings is 1. The zero-order valence-corrected chi connectivity index (χ0v) is 15.1. The molecule has 0 saturated carbocycles. The van der Waals surface area contributed by atoms with Crippen molar-refractivity contribution in [3.8, 4) is 0 Å². The first-order chi connectivity index (χ1) is 12.9. The van der Waals surface area contributed by atoms with Crippen molar-refractivity contribution in [2.24, 2.45) is 0 Å². The number of hydrogen-bond donors (Lipinski definition) is 2. The summed E-state index contributed by atoms with van der Waals surface area (Å²) >= 11 is 0. The van der Waals surface area contributed by atoms with Gasteiger partial charge in [-0.1, -0.05) is 0 Å². The molecule has 1 aromatic heterocycles. The number of nitrogens with zero attached hydrogens (tertiary/aromatic N) is 4. The molecule has 12 heteroatoms. The summed E-state index contributed by atoms with van der Waals surface area (Å²) in [5.74, 6) is -0.00793. The lowest BCUT2D eigenvalue weighted by Gasteiger charge is -2.42. The van der Waals surface area contributed by atoms with Crippen LogP contribution >= 0.6 is 0 Å². The van der Waals surface area contributed by atoms with E-state index in [0.717, 1.165) is 18.9 Å². The number of rotatable bonds is 3. The van der Waals surface area contributed by atoms with Crippen LogP contribution in [-0.4, -0.2) is 84.0 Å². The largest absolute Gasteiger partial charge is 0.378 e. The molecule has 2 N–H and O–H groups in total. The maximum Gasteiger partial charge on any atom is 0.362 e.